The third-order valence-corrected chi connectivity index (χ3v) is 3.37. The van der Waals surface area contributed by atoms with E-state index in [0.717, 1.165) is 13.3 Å². The molecule has 128 valence electrons. The molecule has 0 heterocycles. The van der Waals surface area contributed by atoms with Crippen LogP contribution in [-0.4, -0.2) is 38.1 Å². The fraction of sp³-hybridized carbons (Fsp3) is 0.700. The third-order valence-electron chi connectivity index (χ3n) is 2.35. The zero-order valence-electron chi connectivity index (χ0n) is 11.8. The Morgan fingerprint density at radius 3 is 2.32 bits per heavy atom. The molecule has 0 fully saturated rings. The maximum atomic E-state index is 12.3. The number of primary amides is 1. The molecule has 3 N–H and O–H groups in total. The van der Waals surface area contributed by atoms with E-state index < -0.39 is 39.0 Å². The second-order valence-corrected chi connectivity index (χ2v) is 5.75. The number of hydrogen-bond donors (Lipinski definition) is 2. The second kappa shape index (κ2) is 8.08. The van der Waals surface area contributed by atoms with Crippen LogP contribution in [0.5, 0.6) is 0 Å². The van der Waals surface area contributed by atoms with Crippen molar-refractivity contribution in [1.29, 1.82) is 0 Å². The first kappa shape index (κ1) is 20.3. The number of unbranched alkanes of at least 4 members (excludes halogenated alkanes) is 1. The molecule has 0 aliphatic rings. The van der Waals surface area contributed by atoms with Gasteiger partial charge >= 0.3 is 15.5 Å². The minimum Gasteiger partial charge on any atom is -0.369 e. The van der Waals surface area contributed by atoms with Gasteiger partial charge in [0.1, 0.15) is 5.71 Å². The normalized spacial score (nSPS) is 14.5. The summed E-state index contributed by atoms with van der Waals surface area (Å²) in [5, 5.41) is 0. The highest BCUT2D eigenvalue weighted by Crippen LogP contribution is 2.25. The van der Waals surface area contributed by atoms with E-state index in [9.17, 15) is 31.2 Å². The maximum absolute atomic E-state index is 12.3. The third kappa shape index (κ3) is 5.97. The van der Waals surface area contributed by atoms with Crippen molar-refractivity contribution in [2.45, 2.75) is 32.2 Å². The summed E-state index contributed by atoms with van der Waals surface area (Å²) in [6.45, 7) is 2.81. The number of hydrogen-bond acceptors (Lipinski definition) is 5. The summed E-state index contributed by atoms with van der Waals surface area (Å²) in [5.74, 6) is -4.28. The molecular formula is C10H16F3N3O5S. The van der Waals surface area contributed by atoms with Crippen molar-refractivity contribution in [3.05, 3.63) is 0 Å². The lowest BCUT2D eigenvalue weighted by molar-refractivity contribution is -0.128. The lowest BCUT2D eigenvalue weighted by atomic mass is 10.1. The zero-order chi connectivity index (χ0) is 17.6. The average molecular weight is 347 g/mol. The molecule has 2 amide bonds. The number of carbonyl (C=O) groups is 2. The van der Waals surface area contributed by atoms with Crippen molar-refractivity contribution in [3.63, 3.8) is 0 Å². The molecule has 0 saturated carbocycles. The van der Waals surface area contributed by atoms with Crippen LogP contribution in [0, 0.1) is 5.92 Å². The number of alkyl halides is 3. The van der Waals surface area contributed by atoms with E-state index in [-0.39, 0.29) is 6.61 Å². The van der Waals surface area contributed by atoms with Gasteiger partial charge in [-0.3, -0.25) is 14.4 Å². The number of hydroxylamine groups is 1. The Labute approximate surface area is 124 Å². The lowest BCUT2D eigenvalue weighted by Crippen LogP contribution is -2.41. The topological polar surface area (TPSA) is 128 Å². The zero-order valence-corrected chi connectivity index (χ0v) is 12.6. The number of halogens is 3. The fourth-order valence-electron chi connectivity index (χ4n) is 1.02. The molecule has 0 aromatic carbocycles. The first-order chi connectivity index (χ1) is 9.94. The predicted molar refractivity (Wildman–Crippen MR) is 69.8 cm³/mol. The Balaban J connectivity index is 5.40. The van der Waals surface area contributed by atoms with Crippen LogP contribution in [-0.2, 0) is 24.4 Å². The highest BCUT2D eigenvalue weighted by atomic mass is 32.2. The SMILES string of the molecule is CCCCONC(=O)/C(=N\S(=O)(=O)C(F)(F)F)C(C)C(N)=O. The number of sulfonamides is 1. The Bertz CT molecular complexity index is 545. The van der Waals surface area contributed by atoms with Crippen LogP contribution in [0.3, 0.4) is 0 Å². The van der Waals surface area contributed by atoms with Gasteiger partial charge in [-0.1, -0.05) is 13.3 Å². The number of carbonyl (C=O) groups excluding carboxylic acids is 2. The highest BCUT2D eigenvalue weighted by Gasteiger charge is 2.47. The van der Waals surface area contributed by atoms with Gasteiger partial charge in [-0.05, 0) is 13.3 Å². The molecule has 0 saturated heterocycles. The summed E-state index contributed by atoms with van der Waals surface area (Å²) >= 11 is 0. The van der Waals surface area contributed by atoms with Gasteiger partial charge in [0.2, 0.25) is 5.91 Å². The van der Waals surface area contributed by atoms with Crippen molar-refractivity contribution in [2.24, 2.45) is 16.0 Å². The summed E-state index contributed by atoms with van der Waals surface area (Å²) < 4.78 is 61.2. The van der Waals surface area contributed by atoms with Crippen molar-refractivity contribution < 1.29 is 36.0 Å². The highest BCUT2D eigenvalue weighted by molar-refractivity contribution is 7.91. The maximum Gasteiger partial charge on any atom is 0.518 e. The Morgan fingerprint density at radius 1 is 1.36 bits per heavy atom. The van der Waals surface area contributed by atoms with Gasteiger partial charge in [-0.2, -0.15) is 26.0 Å². The van der Waals surface area contributed by atoms with Crippen molar-refractivity contribution >= 4 is 27.5 Å². The van der Waals surface area contributed by atoms with Gasteiger partial charge in [0.15, 0.2) is 0 Å². The van der Waals surface area contributed by atoms with E-state index in [4.69, 9.17) is 5.73 Å². The molecule has 0 aliphatic heterocycles. The van der Waals surface area contributed by atoms with Crippen LogP contribution in [0.15, 0.2) is 4.40 Å². The molecule has 0 aromatic rings. The standard InChI is InChI=1S/C10H16F3N3O5S/c1-3-4-5-21-15-9(18)7(6(2)8(14)17)16-22(19,20)10(11,12)13/h6H,3-5H2,1-2H3,(H2,14,17)(H,15,18)/b16-7-. The average Bonchev–Trinajstić information content (AvgIpc) is 2.38. The van der Waals surface area contributed by atoms with Crippen molar-refractivity contribution in [3.8, 4) is 0 Å². The van der Waals surface area contributed by atoms with E-state index in [1.807, 2.05) is 6.92 Å². The minimum absolute atomic E-state index is 0.0481. The summed E-state index contributed by atoms with van der Waals surface area (Å²) in [6.07, 6.45) is 1.26. The number of nitrogens with one attached hydrogen (secondary N) is 1. The molecular weight excluding hydrogens is 331 g/mol. The van der Waals surface area contributed by atoms with Crippen LogP contribution in [0.4, 0.5) is 13.2 Å². The quantitative estimate of drug-likeness (QED) is 0.369. The number of nitrogens with two attached hydrogens (primary N) is 1. The number of nitrogens with zero attached hydrogens (tertiary/aromatic N) is 1. The second-order valence-electron chi connectivity index (χ2n) is 4.15. The molecule has 22 heavy (non-hydrogen) atoms. The van der Waals surface area contributed by atoms with Gasteiger partial charge < -0.3 is 5.73 Å². The lowest BCUT2D eigenvalue weighted by Gasteiger charge is -2.12. The molecule has 0 bridgehead atoms. The first-order valence-corrected chi connectivity index (χ1v) is 7.50. The summed E-state index contributed by atoms with van der Waals surface area (Å²) in [7, 11) is -5.99. The Hall–Kier alpha value is -1.69. The van der Waals surface area contributed by atoms with Gasteiger partial charge in [-0.25, -0.2) is 5.48 Å². The van der Waals surface area contributed by atoms with E-state index in [0.29, 0.717) is 6.42 Å². The first-order valence-electron chi connectivity index (χ1n) is 6.06. The van der Waals surface area contributed by atoms with Crippen molar-refractivity contribution in [1.82, 2.24) is 5.48 Å². The molecule has 12 heteroatoms. The van der Waals surface area contributed by atoms with E-state index in [1.54, 1.807) is 5.48 Å². The van der Waals surface area contributed by atoms with Crippen LogP contribution in [0.25, 0.3) is 0 Å². The van der Waals surface area contributed by atoms with Crippen molar-refractivity contribution in [2.75, 3.05) is 6.61 Å². The molecule has 0 rings (SSSR count). The van der Waals surface area contributed by atoms with E-state index >= 15 is 0 Å². The summed E-state index contributed by atoms with van der Waals surface area (Å²) in [6, 6.07) is 0. The van der Waals surface area contributed by atoms with Crippen LogP contribution in [0.2, 0.25) is 0 Å². The van der Waals surface area contributed by atoms with Gasteiger partial charge in [0.25, 0.3) is 5.91 Å². The van der Waals surface area contributed by atoms with E-state index in [2.05, 4.69) is 9.24 Å². The molecule has 0 aliphatic carbocycles. The Morgan fingerprint density at radius 2 is 1.91 bits per heavy atom. The molecule has 1 unspecified atom stereocenters. The summed E-state index contributed by atoms with van der Waals surface area (Å²) in [5.41, 5.74) is -0.336. The van der Waals surface area contributed by atoms with Crippen LogP contribution in [0.1, 0.15) is 26.7 Å². The van der Waals surface area contributed by atoms with Gasteiger partial charge in [0.05, 0.1) is 12.5 Å². The fourth-order valence-corrected chi connectivity index (χ4v) is 1.62. The van der Waals surface area contributed by atoms with E-state index in [1.165, 1.54) is 0 Å². The molecule has 0 radical (unpaired) electrons. The molecule has 0 spiro atoms. The van der Waals surface area contributed by atoms with Crippen LogP contribution >= 0.6 is 0 Å². The monoisotopic (exact) mass is 347 g/mol. The Kier molecular flexibility index (Phi) is 7.46. The molecule has 1 atom stereocenters. The number of rotatable bonds is 8. The van der Waals surface area contributed by atoms with Gasteiger partial charge in [-0.15, -0.1) is 0 Å². The molecule has 0 aromatic heterocycles. The van der Waals surface area contributed by atoms with Gasteiger partial charge in [0, 0.05) is 0 Å². The minimum atomic E-state index is -5.99. The largest absolute Gasteiger partial charge is 0.518 e. The number of amides is 2. The predicted octanol–water partition coefficient (Wildman–Crippen LogP) is 0.246. The van der Waals surface area contributed by atoms with Crippen LogP contribution < -0.4 is 11.2 Å². The molecule has 8 nitrogen and oxygen atoms in total. The smallest absolute Gasteiger partial charge is 0.369 e. The summed E-state index contributed by atoms with van der Waals surface area (Å²) in [4.78, 5) is 27.3.